The average molecular weight is 335 g/mol. The number of imidazole rings is 1. The fraction of sp³-hybridized carbons (Fsp3) is 0.167. The summed E-state index contributed by atoms with van der Waals surface area (Å²) in [5.41, 5.74) is 1.34. The van der Waals surface area contributed by atoms with Gasteiger partial charge in [-0.05, 0) is 30.4 Å². The van der Waals surface area contributed by atoms with Crippen LogP contribution in [0.2, 0.25) is 0 Å². The number of aliphatic hydroxyl groups is 1. The van der Waals surface area contributed by atoms with Gasteiger partial charge in [-0.15, -0.1) is 10.2 Å². The lowest BCUT2D eigenvalue weighted by Gasteiger charge is -2.24. The van der Waals surface area contributed by atoms with Crippen LogP contribution in [0.5, 0.6) is 0 Å². The van der Waals surface area contributed by atoms with Crippen molar-refractivity contribution in [3.8, 4) is 0 Å². The van der Waals surface area contributed by atoms with Gasteiger partial charge in [-0.25, -0.2) is 9.37 Å². The van der Waals surface area contributed by atoms with Crippen molar-refractivity contribution in [2.75, 3.05) is 0 Å². The Labute approximate surface area is 141 Å². The van der Waals surface area contributed by atoms with Crippen molar-refractivity contribution in [3.63, 3.8) is 0 Å². The van der Waals surface area contributed by atoms with Crippen molar-refractivity contribution in [2.24, 2.45) is 0 Å². The van der Waals surface area contributed by atoms with Gasteiger partial charge in [0.05, 0.1) is 17.3 Å². The molecule has 1 N–H and O–H groups in total. The second-order valence-electron chi connectivity index (χ2n) is 6.32. The molecule has 3 aromatic heterocycles. The van der Waals surface area contributed by atoms with Gasteiger partial charge in [0.1, 0.15) is 23.6 Å². The summed E-state index contributed by atoms with van der Waals surface area (Å²) in [6.45, 7) is 0. The van der Waals surface area contributed by atoms with Gasteiger partial charge in [0.2, 0.25) is 0 Å². The molecule has 1 aliphatic carbocycles. The van der Waals surface area contributed by atoms with E-state index in [9.17, 15) is 9.50 Å². The van der Waals surface area contributed by atoms with E-state index in [4.69, 9.17) is 0 Å². The van der Waals surface area contributed by atoms with Gasteiger partial charge in [-0.3, -0.25) is 8.80 Å². The van der Waals surface area contributed by atoms with E-state index in [1.165, 1.54) is 18.2 Å². The van der Waals surface area contributed by atoms with Gasteiger partial charge < -0.3 is 5.11 Å². The largest absolute Gasteiger partial charge is 0.385 e. The van der Waals surface area contributed by atoms with Crippen molar-refractivity contribution >= 4 is 22.2 Å². The highest BCUT2D eigenvalue weighted by Gasteiger charge is 2.29. The number of para-hydroxylation sites is 1. The molecule has 7 heteroatoms. The Kier molecular flexibility index (Phi) is 2.84. The van der Waals surface area contributed by atoms with Crippen LogP contribution in [-0.4, -0.2) is 34.7 Å². The number of benzene rings is 1. The third-order valence-corrected chi connectivity index (χ3v) is 4.65. The Bertz CT molecular complexity index is 1190. The third kappa shape index (κ3) is 2.09. The standard InChI is InChI=1S/C18H14FN5O/c19-12-5-7-18(25,8-6-12)9-15-21-22-17-13-3-1-2-4-14(13)23-11-20-10-16(23)24(15)17/h1-7,10-11,25H,8-9H2. The Morgan fingerprint density at radius 1 is 1.24 bits per heavy atom. The normalized spacial score (nSPS) is 20.6. The quantitative estimate of drug-likeness (QED) is 0.611. The Morgan fingerprint density at radius 2 is 2.12 bits per heavy atom. The first kappa shape index (κ1) is 14.3. The molecule has 1 aromatic carbocycles. The number of aromatic nitrogens is 5. The van der Waals surface area contributed by atoms with Crippen LogP contribution in [0.15, 0.2) is 60.8 Å². The summed E-state index contributed by atoms with van der Waals surface area (Å²) in [7, 11) is 0. The van der Waals surface area contributed by atoms with E-state index in [-0.39, 0.29) is 18.7 Å². The second kappa shape index (κ2) is 4.97. The average Bonchev–Trinajstić information content (AvgIpc) is 3.25. The van der Waals surface area contributed by atoms with Crippen molar-refractivity contribution in [1.29, 1.82) is 0 Å². The van der Waals surface area contributed by atoms with Gasteiger partial charge in [0.25, 0.3) is 0 Å². The molecule has 0 spiro atoms. The molecular weight excluding hydrogens is 321 g/mol. The molecule has 1 unspecified atom stereocenters. The highest BCUT2D eigenvalue weighted by atomic mass is 19.1. The topological polar surface area (TPSA) is 67.7 Å². The molecule has 1 atom stereocenters. The molecule has 124 valence electrons. The van der Waals surface area contributed by atoms with Crippen molar-refractivity contribution in [1.82, 2.24) is 24.0 Å². The predicted molar refractivity (Wildman–Crippen MR) is 90.8 cm³/mol. The van der Waals surface area contributed by atoms with E-state index in [2.05, 4.69) is 15.2 Å². The SMILES string of the molecule is OC1(Cc2nnc3c4ccccc4n4cncc4n23)C=CC(F)=CC1. The number of allylic oxidation sites excluding steroid dienone is 2. The first-order valence-electron chi connectivity index (χ1n) is 7.99. The zero-order chi connectivity index (χ0) is 17.0. The van der Waals surface area contributed by atoms with Crippen LogP contribution >= 0.6 is 0 Å². The summed E-state index contributed by atoms with van der Waals surface area (Å²) in [4.78, 5) is 4.25. The van der Waals surface area contributed by atoms with E-state index in [0.29, 0.717) is 11.5 Å². The van der Waals surface area contributed by atoms with Gasteiger partial charge in [-0.1, -0.05) is 12.1 Å². The molecule has 0 amide bonds. The van der Waals surface area contributed by atoms with Crippen molar-refractivity contribution < 1.29 is 9.50 Å². The number of hydrogen-bond donors (Lipinski definition) is 1. The molecular formula is C18H14FN5O. The Balaban J connectivity index is 1.75. The van der Waals surface area contributed by atoms with E-state index in [0.717, 1.165) is 16.6 Å². The first-order chi connectivity index (χ1) is 12.1. The molecule has 0 radical (unpaired) electrons. The molecule has 0 saturated heterocycles. The maximum absolute atomic E-state index is 13.2. The van der Waals surface area contributed by atoms with Gasteiger partial charge in [0, 0.05) is 18.2 Å². The molecule has 6 nitrogen and oxygen atoms in total. The molecule has 5 rings (SSSR count). The van der Waals surface area contributed by atoms with Crippen LogP contribution in [0.25, 0.3) is 22.2 Å². The van der Waals surface area contributed by atoms with Gasteiger partial charge in [0.15, 0.2) is 5.65 Å². The van der Waals surface area contributed by atoms with E-state index in [1.54, 1.807) is 12.5 Å². The Hall–Kier alpha value is -3.06. The minimum atomic E-state index is -1.18. The maximum Gasteiger partial charge on any atom is 0.171 e. The number of hydrogen-bond acceptors (Lipinski definition) is 4. The van der Waals surface area contributed by atoms with Crippen LogP contribution in [0, 0.1) is 0 Å². The fourth-order valence-electron chi connectivity index (χ4n) is 3.41. The zero-order valence-corrected chi connectivity index (χ0v) is 13.2. The lowest BCUT2D eigenvalue weighted by Crippen LogP contribution is -2.30. The van der Waals surface area contributed by atoms with Crippen LogP contribution in [0.4, 0.5) is 4.39 Å². The number of halogens is 1. The van der Waals surface area contributed by atoms with Crippen LogP contribution in [-0.2, 0) is 6.42 Å². The monoisotopic (exact) mass is 335 g/mol. The molecule has 0 bridgehead atoms. The minimum absolute atomic E-state index is 0.202. The van der Waals surface area contributed by atoms with Gasteiger partial charge in [-0.2, -0.15) is 0 Å². The molecule has 25 heavy (non-hydrogen) atoms. The molecule has 1 aliphatic rings. The third-order valence-electron chi connectivity index (χ3n) is 4.65. The van der Waals surface area contributed by atoms with E-state index >= 15 is 0 Å². The van der Waals surface area contributed by atoms with Gasteiger partial charge >= 0.3 is 0 Å². The van der Waals surface area contributed by atoms with E-state index < -0.39 is 5.60 Å². The minimum Gasteiger partial charge on any atom is -0.385 e. The predicted octanol–water partition coefficient (Wildman–Crippen LogP) is 2.62. The number of fused-ring (bicyclic) bond motifs is 6. The summed E-state index contributed by atoms with van der Waals surface area (Å²) in [6, 6.07) is 7.90. The summed E-state index contributed by atoms with van der Waals surface area (Å²) >= 11 is 0. The highest BCUT2D eigenvalue weighted by molar-refractivity contribution is 5.93. The number of rotatable bonds is 2. The maximum atomic E-state index is 13.2. The molecule has 3 heterocycles. The molecule has 0 saturated carbocycles. The number of nitrogens with zero attached hydrogens (tertiary/aromatic N) is 5. The highest BCUT2D eigenvalue weighted by Crippen LogP contribution is 2.28. The van der Waals surface area contributed by atoms with Crippen molar-refractivity contribution in [3.05, 3.63) is 66.7 Å². The lowest BCUT2D eigenvalue weighted by molar-refractivity contribution is 0.0897. The summed E-state index contributed by atoms with van der Waals surface area (Å²) in [5.74, 6) is 0.272. The van der Waals surface area contributed by atoms with Crippen LogP contribution in [0.1, 0.15) is 12.2 Å². The molecule has 4 aromatic rings. The fourth-order valence-corrected chi connectivity index (χ4v) is 3.41. The Morgan fingerprint density at radius 3 is 2.96 bits per heavy atom. The molecule has 0 fully saturated rings. The molecule has 0 aliphatic heterocycles. The first-order valence-corrected chi connectivity index (χ1v) is 7.99. The van der Waals surface area contributed by atoms with Crippen LogP contribution < -0.4 is 0 Å². The summed E-state index contributed by atoms with van der Waals surface area (Å²) < 4.78 is 17.1. The van der Waals surface area contributed by atoms with Crippen LogP contribution in [0.3, 0.4) is 0 Å². The van der Waals surface area contributed by atoms with E-state index in [1.807, 2.05) is 33.1 Å². The van der Waals surface area contributed by atoms with Crippen molar-refractivity contribution in [2.45, 2.75) is 18.4 Å². The summed E-state index contributed by atoms with van der Waals surface area (Å²) in [5, 5.41) is 20.3. The smallest absolute Gasteiger partial charge is 0.171 e. The lowest BCUT2D eigenvalue weighted by atomic mass is 9.91. The zero-order valence-electron chi connectivity index (χ0n) is 13.2. The second-order valence-corrected chi connectivity index (χ2v) is 6.32. The summed E-state index contributed by atoms with van der Waals surface area (Å²) in [6.07, 6.45) is 8.07.